The maximum atomic E-state index is 12.8. The van der Waals surface area contributed by atoms with Crippen LogP contribution >= 0.6 is 0 Å². The van der Waals surface area contributed by atoms with E-state index < -0.39 is 11.9 Å². The fraction of sp³-hybridized carbons (Fsp3) is 0.579. The van der Waals surface area contributed by atoms with Crippen LogP contribution in [-0.4, -0.2) is 25.8 Å². The summed E-state index contributed by atoms with van der Waals surface area (Å²) in [6, 6.07) is 2.59. The molecule has 1 N–H and O–H groups in total. The quantitative estimate of drug-likeness (QED) is 0.864. The van der Waals surface area contributed by atoms with Crippen LogP contribution in [0.2, 0.25) is 0 Å². The lowest BCUT2D eigenvalue weighted by atomic mass is 9.91. The average Bonchev–Trinajstić information content (AvgIpc) is 2.68. The first kappa shape index (κ1) is 18.9. The molecule has 9 heteroatoms. The lowest BCUT2D eigenvalue weighted by Gasteiger charge is -2.30. The third-order valence-electron chi connectivity index (χ3n) is 5.55. The highest BCUT2D eigenvalue weighted by Gasteiger charge is 2.33. The zero-order valence-electron chi connectivity index (χ0n) is 15.4. The predicted octanol–water partition coefficient (Wildman–Crippen LogP) is 3.53. The molecule has 2 aromatic rings. The second-order valence-corrected chi connectivity index (χ2v) is 7.52. The van der Waals surface area contributed by atoms with Gasteiger partial charge in [-0.25, -0.2) is 14.6 Å². The van der Waals surface area contributed by atoms with Crippen molar-refractivity contribution in [3.05, 3.63) is 45.6 Å². The van der Waals surface area contributed by atoms with Crippen molar-refractivity contribution in [2.45, 2.75) is 69.6 Å². The number of aryl methyl sites for hydroxylation is 2. The van der Waals surface area contributed by atoms with Crippen molar-refractivity contribution in [2.75, 3.05) is 5.32 Å². The minimum Gasteiger partial charge on any atom is -0.351 e. The zero-order valence-corrected chi connectivity index (χ0v) is 15.4. The number of nitrogens with one attached hydrogen (secondary N) is 1. The maximum Gasteiger partial charge on any atom is 0.433 e. The van der Waals surface area contributed by atoms with Crippen LogP contribution in [-0.2, 0) is 19.0 Å². The second kappa shape index (κ2) is 7.52. The predicted molar refractivity (Wildman–Crippen MR) is 97.1 cm³/mol. The van der Waals surface area contributed by atoms with Gasteiger partial charge in [-0.05, 0) is 63.0 Å². The lowest BCUT2D eigenvalue weighted by Crippen LogP contribution is -2.34. The number of fused-ring (bicyclic) bond motifs is 1. The highest BCUT2D eigenvalue weighted by molar-refractivity contribution is 5.28. The average molecular weight is 393 g/mol. The fourth-order valence-corrected chi connectivity index (χ4v) is 4.07. The Morgan fingerprint density at radius 2 is 1.86 bits per heavy atom. The summed E-state index contributed by atoms with van der Waals surface area (Å²) < 4.78 is 40.0. The largest absolute Gasteiger partial charge is 0.433 e. The molecule has 0 saturated heterocycles. The van der Waals surface area contributed by atoms with Gasteiger partial charge in [0.15, 0.2) is 0 Å². The third kappa shape index (κ3) is 4.02. The first-order valence-corrected chi connectivity index (χ1v) is 9.68. The number of hydrogen-bond donors (Lipinski definition) is 1. The molecule has 2 aromatic heterocycles. The summed E-state index contributed by atoms with van der Waals surface area (Å²) in [5.74, 6) is -0.0117. The summed E-state index contributed by atoms with van der Waals surface area (Å²) >= 11 is 0. The maximum absolute atomic E-state index is 12.8. The van der Waals surface area contributed by atoms with E-state index in [0.29, 0.717) is 0 Å². The van der Waals surface area contributed by atoms with E-state index in [9.17, 15) is 18.0 Å². The van der Waals surface area contributed by atoms with Crippen LogP contribution in [0.4, 0.5) is 19.1 Å². The highest BCUT2D eigenvalue weighted by atomic mass is 19.4. The van der Waals surface area contributed by atoms with E-state index in [1.54, 1.807) is 10.7 Å². The van der Waals surface area contributed by atoms with Gasteiger partial charge in [0.25, 0.3) is 5.56 Å². The minimum atomic E-state index is -4.49. The van der Waals surface area contributed by atoms with Gasteiger partial charge >= 0.3 is 6.18 Å². The van der Waals surface area contributed by atoms with Crippen LogP contribution in [0, 0.1) is 0 Å². The monoisotopic (exact) mass is 393 g/mol. The molecule has 0 aliphatic heterocycles. The Morgan fingerprint density at radius 3 is 2.61 bits per heavy atom. The summed E-state index contributed by atoms with van der Waals surface area (Å²) in [6.45, 7) is 0. The first-order valence-electron chi connectivity index (χ1n) is 9.68. The Hall–Kier alpha value is -2.45. The summed E-state index contributed by atoms with van der Waals surface area (Å²) in [5, 5.41) is 7.62. The van der Waals surface area contributed by atoms with E-state index in [2.05, 4.69) is 20.4 Å². The van der Waals surface area contributed by atoms with Crippen LogP contribution in [0.1, 0.15) is 61.5 Å². The van der Waals surface area contributed by atoms with Crippen molar-refractivity contribution < 1.29 is 13.2 Å². The van der Waals surface area contributed by atoms with Crippen molar-refractivity contribution in [3.8, 4) is 0 Å². The molecular weight excluding hydrogens is 371 g/mol. The lowest BCUT2D eigenvalue weighted by molar-refractivity contribution is -0.141. The standard InChI is InChI=1S/C19H22F3N5O/c20-19(21,22)16-9-10-23-18(25-16)24-13-5-7-14(8-6-13)27-17(28)11-12-3-1-2-4-15(12)26-27/h9-11,13-14H,1-8H2,(H,23,24,25). The van der Waals surface area contributed by atoms with Crippen LogP contribution in [0.3, 0.4) is 0 Å². The molecule has 1 fully saturated rings. The van der Waals surface area contributed by atoms with Crippen LogP contribution in [0.15, 0.2) is 23.1 Å². The molecule has 2 aliphatic carbocycles. The smallest absolute Gasteiger partial charge is 0.351 e. The summed E-state index contributed by atoms with van der Waals surface area (Å²) in [4.78, 5) is 19.9. The number of aromatic nitrogens is 4. The molecule has 0 aromatic carbocycles. The molecular formula is C19H22F3N5O. The van der Waals surface area contributed by atoms with Crippen molar-refractivity contribution in [3.63, 3.8) is 0 Å². The molecule has 1 saturated carbocycles. The SMILES string of the molecule is O=c1cc2c(nn1C1CCC(Nc3nccc(C(F)(F)F)n3)CC1)CCCC2. The van der Waals surface area contributed by atoms with Crippen LogP contribution in [0.25, 0.3) is 0 Å². The number of hydrogen-bond acceptors (Lipinski definition) is 5. The molecule has 4 rings (SSSR count). The van der Waals surface area contributed by atoms with Crippen LogP contribution < -0.4 is 10.9 Å². The number of alkyl halides is 3. The summed E-state index contributed by atoms with van der Waals surface area (Å²) in [7, 11) is 0. The van der Waals surface area contributed by atoms with Gasteiger partial charge in [-0.1, -0.05) is 0 Å². The molecule has 2 aliphatic rings. The molecule has 0 bridgehead atoms. The Kier molecular flexibility index (Phi) is 5.07. The van der Waals surface area contributed by atoms with E-state index in [1.165, 1.54) is 0 Å². The van der Waals surface area contributed by atoms with Gasteiger partial charge in [-0.2, -0.15) is 18.3 Å². The molecule has 0 spiro atoms. The normalized spacial score (nSPS) is 22.5. The number of anilines is 1. The molecule has 6 nitrogen and oxygen atoms in total. The van der Waals surface area contributed by atoms with E-state index in [1.807, 2.05) is 0 Å². The van der Waals surface area contributed by atoms with Gasteiger partial charge in [0.2, 0.25) is 5.95 Å². The number of rotatable bonds is 3. The first-order chi connectivity index (χ1) is 13.4. The van der Waals surface area contributed by atoms with Gasteiger partial charge in [0, 0.05) is 18.3 Å². The van der Waals surface area contributed by atoms with Gasteiger partial charge in [-0.15, -0.1) is 0 Å². The topological polar surface area (TPSA) is 72.7 Å². The molecule has 2 heterocycles. The molecule has 0 unspecified atom stereocenters. The summed E-state index contributed by atoms with van der Waals surface area (Å²) in [6.07, 6.45) is 3.58. The van der Waals surface area contributed by atoms with E-state index >= 15 is 0 Å². The van der Waals surface area contributed by atoms with Gasteiger partial charge in [0.1, 0.15) is 5.69 Å². The molecule has 0 amide bonds. The highest BCUT2D eigenvalue weighted by Crippen LogP contribution is 2.30. The summed E-state index contributed by atoms with van der Waals surface area (Å²) in [5.41, 5.74) is 1.09. The zero-order chi connectivity index (χ0) is 19.7. The van der Waals surface area contributed by atoms with Crippen molar-refractivity contribution >= 4 is 5.95 Å². The van der Waals surface area contributed by atoms with Crippen molar-refractivity contribution in [2.24, 2.45) is 0 Å². The Bertz CT molecular complexity index is 903. The Morgan fingerprint density at radius 1 is 1.11 bits per heavy atom. The van der Waals surface area contributed by atoms with Crippen molar-refractivity contribution in [1.82, 2.24) is 19.7 Å². The van der Waals surface area contributed by atoms with Gasteiger partial charge in [0.05, 0.1) is 11.7 Å². The minimum absolute atomic E-state index is 0.0117. The number of nitrogens with zero attached hydrogens (tertiary/aromatic N) is 4. The number of halogens is 3. The molecule has 150 valence electrons. The Balaban J connectivity index is 1.41. The molecule has 0 radical (unpaired) electrons. The van der Waals surface area contributed by atoms with Crippen LogP contribution in [0.5, 0.6) is 0 Å². The van der Waals surface area contributed by atoms with E-state index in [4.69, 9.17) is 0 Å². The third-order valence-corrected chi connectivity index (χ3v) is 5.55. The fourth-order valence-electron chi connectivity index (χ4n) is 4.07. The van der Waals surface area contributed by atoms with Crippen molar-refractivity contribution in [1.29, 1.82) is 0 Å². The Labute approximate surface area is 160 Å². The second-order valence-electron chi connectivity index (χ2n) is 7.52. The molecule has 28 heavy (non-hydrogen) atoms. The van der Waals surface area contributed by atoms with E-state index in [-0.39, 0.29) is 23.6 Å². The molecule has 0 atom stereocenters. The van der Waals surface area contributed by atoms with Gasteiger partial charge in [-0.3, -0.25) is 4.79 Å². The van der Waals surface area contributed by atoms with Gasteiger partial charge < -0.3 is 5.32 Å². The van der Waals surface area contributed by atoms with E-state index in [0.717, 1.165) is 74.9 Å².